The van der Waals surface area contributed by atoms with Crippen molar-refractivity contribution in [3.8, 4) is 0 Å². The SMILES string of the molecule is CC(C)(C)OOC12C(=O)c3c4c5c6c(c3C(=O)C3(OOC(C)(C)C)C(C(=O)c7c(ccc(c7C(=O)C7C(C)(C)C7(OOC(C)(C)C)C5=O)C6=O)C(=O)C1C2(C)C)C3(C)C)C(=O)C1(OOC(C)(C)C)C(C4=O)C1(C)C. The van der Waals surface area contributed by atoms with Crippen LogP contribution in [0.5, 0.6) is 0 Å². The van der Waals surface area contributed by atoms with E-state index in [1.165, 1.54) is 61.5 Å². The van der Waals surface area contributed by atoms with E-state index >= 15 is 43.2 Å². The van der Waals surface area contributed by atoms with Crippen LogP contribution in [0.1, 0.15) is 237 Å². The summed E-state index contributed by atoms with van der Waals surface area (Å²) in [5.41, 5.74) is -28.4. The first-order valence-corrected chi connectivity index (χ1v) is 25.3. The highest BCUT2D eigenvalue weighted by Gasteiger charge is 2.89. The Kier molecular flexibility index (Phi) is 10.2. The smallest absolute Gasteiger partial charge is 0.200 e. The molecule has 2 aromatic carbocycles. The fourth-order valence-electron chi connectivity index (χ4n) is 13.3. The Morgan fingerprint density at radius 3 is 0.851 bits per heavy atom. The van der Waals surface area contributed by atoms with E-state index in [4.69, 9.17) is 39.1 Å². The Hall–Kier alpha value is -4.85. The van der Waals surface area contributed by atoms with Crippen LogP contribution in [0.2, 0.25) is 0 Å². The van der Waals surface area contributed by atoms with Crippen LogP contribution in [-0.2, 0) is 39.1 Å². The second-order valence-electron chi connectivity index (χ2n) is 27.9. The van der Waals surface area contributed by atoms with E-state index < -0.39 is 198 Å². The average Bonchev–Trinajstić information content (AvgIpc) is 4.18. The van der Waals surface area contributed by atoms with E-state index in [0.717, 1.165) is 6.07 Å². The molecule has 4 saturated carbocycles. The Labute approximate surface area is 429 Å². The van der Waals surface area contributed by atoms with Crippen molar-refractivity contribution in [2.45, 2.75) is 183 Å². The molecule has 17 heteroatoms. The number of fused-ring (bicyclic) bond motifs is 2. The van der Waals surface area contributed by atoms with Gasteiger partial charge in [-0.15, -0.1) is 0 Å². The number of ketones is 9. The van der Waals surface area contributed by atoms with Crippen LogP contribution < -0.4 is 0 Å². The van der Waals surface area contributed by atoms with Gasteiger partial charge in [-0.3, -0.25) is 43.2 Å². The first-order valence-electron chi connectivity index (χ1n) is 25.3. The third kappa shape index (κ3) is 6.06. The minimum atomic E-state index is -2.55. The third-order valence-corrected chi connectivity index (χ3v) is 17.2. The van der Waals surface area contributed by atoms with Crippen LogP contribution in [-0.4, -0.2) is 96.9 Å². The molecule has 74 heavy (non-hydrogen) atoms. The lowest BCUT2D eigenvalue weighted by Crippen LogP contribution is -2.47. The highest BCUT2D eigenvalue weighted by atomic mass is 17.2. The van der Waals surface area contributed by atoms with Crippen molar-refractivity contribution in [3.05, 3.63) is 67.8 Å². The summed E-state index contributed by atoms with van der Waals surface area (Å²) in [6, 6.07) is 2.35. The molecule has 7 bridgehead atoms. The van der Waals surface area contributed by atoms with Crippen LogP contribution >= 0.6 is 0 Å². The summed E-state index contributed by atoms with van der Waals surface area (Å²) in [6.45, 7) is 31.6. The summed E-state index contributed by atoms with van der Waals surface area (Å²) < 4.78 is 0. The normalized spacial score (nSPS) is 33.4. The van der Waals surface area contributed by atoms with Crippen molar-refractivity contribution in [3.63, 3.8) is 0 Å². The average molecular weight is 1020 g/mol. The molecule has 2 aromatic rings. The predicted molar refractivity (Wildman–Crippen MR) is 259 cm³/mol. The van der Waals surface area contributed by atoms with Crippen LogP contribution in [0, 0.1) is 45.3 Å². The van der Waals surface area contributed by atoms with E-state index in [-0.39, 0.29) is 0 Å². The van der Waals surface area contributed by atoms with E-state index in [9.17, 15) is 0 Å². The summed E-state index contributed by atoms with van der Waals surface area (Å²) in [4.78, 5) is 198. The topological polar surface area (TPSA) is 227 Å². The zero-order chi connectivity index (χ0) is 55.4. The maximum atomic E-state index is 17.0. The van der Waals surface area contributed by atoms with E-state index in [2.05, 4.69) is 0 Å². The predicted octanol–water partition coefficient (Wildman–Crippen LogP) is 9.00. The number of carbonyl (C=O) groups excluding carboxylic acids is 9. The van der Waals surface area contributed by atoms with Crippen LogP contribution in [0.3, 0.4) is 0 Å². The molecule has 8 unspecified atom stereocenters. The summed E-state index contributed by atoms with van der Waals surface area (Å²) in [5.74, 6) is -16.6. The van der Waals surface area contributed by atoms with Gasteiger partial charge in [0, 0.05) is 77.3 Å². The van der Waals surface area contributed by atoms with Crippen LogP contribution in [0.15, 0.2) is 12.1 Å². The zero-order valence-electron chi connectivity index (χ0n) is 45.9. The highest BCUT2D eigenvalue weighted by molar-refractivity contribution is 6.41. The van der Waals surface area contributed by atoms with Crippen molar-refractivity contribution in [2.24, 2.45) is 45.3 Å². The van der Waals surface area contributed by atoms with Gasteiger partial charge in [-0.2, -0.15) is 0 Å². The number of hydrogen-bond donors (Lipinski definition) is 0. The second-order valence-corrected chi connectivity index (χ2v) is 27.9. The van der Waals surface area contributed by atoms with Crippen molar-refractivity contribution in [1.29, 1.82) is 0 Å². The monoisotopic (exact) mass is 1020 g/mol. The van der Waals surface area contributed by atoms with Gasteiger partial charge in [0.05, 0.1) is 46.1 Å². The zero-order valence-corrected chi connectivity index (χ0v) is 45.9. The Bertz CT molecular complexity index is 3120. The Morgan fingerprint density at radius 1 is 0.311 bits per heavy atom. The second kappa shape index (κ2) is 14.4. The van der Waals surface area contributed by atoms with Crippen LogP contribution in [0.4, 0.5) is 0 Å². The Morgan fingerprint density at radius 2 is 0.541 bits per heavy atom. The van der Waals surface area contributed by atoms with Gasteiger partial charge in [0.1, 0.15) is 0 Å². The molecule has 17 nitrogen and oxygen atoms in total. The van der Waals surface area contributed by atoms with Gasteiger partial charge in [-0.05, 0) is 95.2 Å². The molecule has 0 amide bonds. The number of hydrogen-bond acceptors (Lipinski definition) is 17. The summed E-state index contributed by atoms with van der Waals surface area (Å²) >= 11 is 0. The molecular weight excluding hydrogens is 957 g/mol. The third-order valence-electron chi connectivity index (χ3n) is 17.2. The fraction of sp³-hybridized carbons (Fsp3) is 0.632. The molecular formula is C57H66O17. The van der Waals surface area contributed by atoms with Gasteiger partial charge in [-0.1, -0.05) is 55.4 Å². The molecule has 8 atom stereocenters. The number of rotatable bonds is 8. The number of benzene rings is 2. The van der Waals surface area contributed by atoms with Gasteiger partial charge in [0.2, 0.25) is 23.1 Å². The number of carbonyl (C=O) groups is 9. The van der Waals surface area contributed by atoms with Gasteiger partial charge < -0.3 is 0 Å². The van der Waals surface area contributed by atoms with Gasteiger partial charge in [0.25, 0.3) is 0 Å². The molecule has 0 radical (unpaired) electrons. The molecule has 0 aliphatic heterocycles. The first-order chi connectivity index (χ1) is 33.5. The van der Waals surface area contributed by atoms with Crippen molar-refractivity contribution in [1.82, 2.24) is 0 Å². The maximum absolute atomic E-state index is 17.0. The lowest BCUT2D eigenvalue weighted by Gasteiger charge is -2.34. The molecule has 9 aliphatic rings. The minimum Gasteiger partial charge on any atom is -0.294 e. The lowest BCUT2D eigenvalue weighted by molar-refractivity contribution is -0.377. The first kappa shape index (κ1) is 52.6. The molecule has 0 N–H and O–H groups in total. The van der Waals surface area contributed by atoms with E-state index in [1.807, 2.05) is 0 Å². The molecule has 0 saturated heterocycles. The maximum Gasteiger partial charge on any atom is 0.200 e. The molecule has 4 fully saturated rings. The minimum absolute atomic E-state index is 0.417. The molecule has 0 spiro atoms. The molecule has 396 valence electrons. The standard InChI is InChI=1S/C57H66O17/c1-46(2,3)67-71-54-38(50(54,13)14)34(59)24-22-21-23-25-26(24)36(61)40-52(17,18)56(40,73-69-48(7,8)9)45(66)32-30-27(33(23)58)29(42(63)55(72-68-47(4,5)6)39(35(25)60)51(55,15)16)28(31(32)44(54)65)37(62)41-53(19,20)57(41,43(30)64)74-70-49(10,11)12/h21-22,38-41H,1-20H3. The van der Waals surface area contributed by atoms with Crippen molar-refractivity contribution < 1.29 is 82.3 Å². The molecule has 0 heterocycles. The molecule has 11 rings (SSSR count). The lowest BCUT2D eigenvalue weighted by atomic mass is 9.71. The van der Waals surface area contributed by atoms with Crippen molar-refractivity contribution >= 4 is 52.0 Å². The van der Waals surface area contributed by atoms with Crippen LogP contribution in [0.25, 0.3) is 0 Å². The number of Topliss-reactive ketones (excluding diaryl/α,β-unsaturated/α-hetero) is 8. The Balaban J connectivity index is 1.51. The quantitative estimate of drug-likeness (QED) is 0.177. The molecule has 9 aliphatic carbocycles. The van der Waals surface area contributed by atoms with E-state index in [1.54, 1.807) is 83.1 Å². The summed E-state index contributed by atoms with van der Waals surface area (Å²) in [7, 11) is 0. The van der Waals surface area contributed by atoms with E-state index in [0.29, 0.717) is 0 Å². The fourth-order valence-corrected chi connectivity index (χ4v) is 13.3. The summed E-state index contributed by atoms with van der Waals surface area (Å²) in [6.07, 6.45) is 0. The molecule has 0 aromatic heterocycles. The largest absolute Gasteiger partial charge is 0.294 e. The van der Waals surface area contributed by atoms with Gasteiger partial charge in [0.15, 0.2) is 51.3 Å². The summed E-state index contributed by atoms with van der Waals surface area (Å²) in [5, 5.41) is 0. The van der Waals surface area contributed by atoms with Gasteiger partial charge >= 0.3 is 0 Å². The van der Waals surface area contributed by atoms with Gasteiger partial charge in [-0.25, -0.2) is 39.1 Å². The van der Waals surface area contributed by atoms with Crippen molar-refractivity contribution in [2.75, 3.05) is 0 Å². The highest BCUT2D eigenvalue weighted by Crippen LogP contribution is 2.75.